The maximum atomic E-state index is 12.0. The molecule has 8 heteroatoms. The summed E-state index contributed by atoms with van der Waals surface area (Å²) in [4.78, 5) is 16.3. The van der Waals surface area contributed by atoms with E-state index in [2.05, 4.69) is 20.9 Å². The van der Waals surface area contributed by atoms with Gasteiger partial charge in [0.25, 0.3) is 0 Å². The van der Waals surface area contributed by atoms with Crippen molar-refractivity contribution in [3.63, 3.8) is 0 Å². The highest BCUT2D eigenvalue weighted by atomic mass is 127. The number of benzene rings is 2. The Balaban J connectivity index is 0.00000512. The number of rotatable bonds is 10. The lowest BCUT2D eigenvalue weighted by Gasteiger charge is -2.14. The van der Waals surface area contributed by atoms with Crippen molar-refractivity contribution >= 4 is 41.5 Å². The number of halogens is 1. The molecule has 3 N–H and O–H groups in total. The van der Waals surface area contributed by atoms with Crippen molar-refractivity contribution < 1.29 is 14.3 Å². The van der Waals surface area contributed by atoms with E-state index >= 15 is 0 Å². The molecule has 0 unspecified atom stereocenters. The van der Waals surface area contributed by atoms with Crippen LogP contribution in [0.15, 0.2) is 47.5 Å². The molecule has 32 heavy (non-hydrogen) atoms. The van der Waals surface area contributed by atoms with Gasteiger partial charge in [0, 0.05) is 32.2 Å². The zero-order chi connectivity index (χ0) is 22.6. The first-order valence-corrected chi connectivity index (χ1v) is 10.5. The normalized spacial score (nSPS) is 10.9. The summed E-state index contributed by atoms with van der Waals surface area (Å²) in [5.41, 5.74) is 3.01. The molecule has 0 aliphatic carbocycles. The first-order valence-electron chi connectivity index (χ1n) is 10.5. The largest absolute Gasteiger partial charge is 0.493 e. The maximum absolute atomic E-state index is 12.0. The van der Waals surface area contributed by atoms with Crippen molar-refractivity contribution in [3.8, 4) is 11.5 Å². The van der Waals surface area contributed by atoms with Crippen molar-refractivity contribution in [2.75, 3.05) is 33.1 Å². The molecule has 0 fully saturated rings. The number of nitrogens with one attached hydrogen (secondary N) is 3. The second-order valence-electron chi connectivity index (χ2n) is 7.64. The Bertz CT molecular complexity index is 887. The summed E-state index contributed by atoms with van der Waals surface area (Å²) < 4.78 is 10.6. The molecular weight excluding hydrogens is 519 g/mol. The fraction of sp³-hybridized carbons (Fsp3) is 0.417. The van der Waals surface area contributed by atoms with E-state index in [9.17, 15) is 4.79 Å². The summed E-state index contributed by atoms with van der Waals surface area (Å²) in [5, 5.41) is 9.58. The van der Waals surface area contributed by atoms with Crippen molar-refractivity contribution in [2.45, 2.75) is 33.2 Å². The van der Waals surface area contributed by atoms with Crippen molar-refractivity contribution in [1.29, 1.82) is 0 Å². The van der Waals surface area contributed by atoms with E-state index in [0.29, 0.717) is 18.9 Å². The van der Waals surface area contributed by atoms with Gasteiger partial charge >= 0.3 is 0 Å². The molecule has 2 rings (SSSR count). The van der Waals surface area contributed by atoms with Gasteiger partial charge in [0.15, 0.2) is 17.5 Å². The van der Waals surface area contributed by atoms with Gasteiger partial charge < -0.3 is 25.4 Å². The van der Waals surface area contributed by atoms with E-state index in [1.165, 1.54) is 0 Å². The van der Waals surface area contributed by atoms with Crippen molar-refractivity contribution in [2.24, 2.45) is 10.9 Å². The number of aliphatic imine (C=N–C) groups is 1. The first-order chi connectivity index (χ1) is 14.9. The van der Waals surface area contributed by atoms with Crippen LogP contribution in [0.25, 0.3) is 0 Å². The monoisotopic (exact) mass is 554 g/mol. The van der Waals surface area contributed by atoms with Crippen LogP contribution in [0.1, 0.15) is 31.4 Å². The Morgan fingerprint density at radius 1 is 1.00 bits per heavy atom. The highest BCUT2D eigenvalue weighted by molar-refractivity contribution is 14.0. The molecule has 0 aliphatic heterocycles. The molecular formula is C24H35IN4O3. The van der Waals surface area contributed by atoms with Gasteiger partial charge in [0.05, 0.1) is 14.2 Å². The van der Waals surface area contributed by atoms with Gasteiger partial charge in [-0.05, 0) is 47.7 Å². The van der Waals surface area contributed by atoms with Crippen LogP contribution in [-0.4, -0.2) is 39.7 Å². The zero-order valence-corrected chi connectivity index (χ0v) is 21.9. The first kappa shape index (κ1) is 27.5. The topological polar surface area (TPSA) is 84.0 Å². The predicted molar refractivity (Wildman–Crippen MR) is 141 cm³/mol. The number of nitrogens with zero attached hydrogens (tertiary/aromatic N) is 1. The molecule has 0 aromatic heterocycles. The van der Waals surface area contributed by atoms with Crippen LogP contribution in [0.5, 0.6) is 11.5 Å². The molecule has 0 spiro atoms. The standard InChI is InChI=1S/C24H34N4O3.HI/c1-17(2)13-23(29)28-20-8-6-7-19(14-20)16-27-24(25-3)26-12-11-18-9-10-21(30-4)22(15-18)31-5;/h6-10,14-15,17H,11-13,16H2,1-5H3,(H,28,29)(H2,25,26,27);1H. The number of amides is 1. The van der Waals surface area contributed by atoms with Gasteiger partial charge in [0.1, 0.15) is 0 Å². The van der Waals surface area contributed by atoms with E-state index in [1.807, 2.05) is 56.3 Å². The predicted octanol–water partition coefficient (Wildman–Crippen LogP) is 4.21. The van der Waals surface area contributed by atoms with Crippen LogP contribution < -0.4 is 25.4 Å². The molecule has 2 aromatic rings. The summed E-state index contributed by atoms with van der Waals surface area (Å²) in [6.07, 6.45) is 1.33. The summed E-state index contributed by atoms with van der Waals surface area (Å²) in [6, 6.07) is 13.7. The molecule has 0 atom stereocenters. The lowest BCUT2D eigenvalue weighted by molar-refractivity contribution is -0.116. The molecule has 1 amide bonds. The Labute approximate surface area is 208 Å². The minimum absolute atomic E-state index is 0. The van der Waals surface area contributed by atoms with Gasteiger partial charge in [-0.15, -0.1) is 24.0 Å². The molecule has 0 heterocycles. The van der Waals surface area contributed by atoms with Crippen LogP contribution >= 0.6 is 24.0 Å². The van der Waals surface area contributed by atoms with E-state index in [0.717, 1.165) is 47.2 Å². The third-order valence-corrected chi connectivity index (χ3v) is 4.64. The van der Waals surface area contributed by atoms with Crippen LogP contribution in [-0.2, 0) is 17.8 Å². The Kier molecular flexibility index (Phi) is 12.5. The number of hydrogen-bond donors (Lipinski definition) is 3. The Morgan fingerprint density at radius 2 is 1.75 bits per heavy atom. The number of carbonyl (C=O) groups excluding carboxylic acids is 1. The molecule has 0 saturated carbocycles. The average molecular weight is 554 g/mol. The fourth-order valence-corrected chi connectivity index (χ4v) is 3.11. The molecule has 2 aromatic carbocycles. The Hall–Kier alpha value is -2.49. The summed E-state index contributed by atoms with van der Waals surface area (Å²) >= 11 is 0. The van der Waals surface area contributed by atoms with E-state index in [1.54, 1.807) is 21.3 Å². The second kappa shape index (κ2) is 14.5. The van der Waals surface area contributed by atoms with Crippen LogP contribution in [0.4, 0.5) is 5.69 Å². The highest BCUT2D eigenvalue weighted by Gasteiger charge is 2.07. The minimum atomic E-state index is 0. The fourth-order valence-electron chi connectivity index (χ4n) is 3.11. The number of guanidine groups is 1. The summed E-state index contributed by atoms with van der Waals surface area (Å²) in [5.74, 6) is 2.53. The highest BCUT2D eigenvalue weighted by Crippen LogP contribution is 2.27. The maximum Gasteiger partial charge on any atom is 0.224 e. The van der Waals surface area contributed by atoms with Gasteiger partial charge in [-0.25, -0.2) is 0 Å². The van der Waals surface area contributed by atoms with Gasteiger partial charge in [0.2, 0.25) is 5.91 Å². The quantitative estimate of drug-likeness (QED) is 0.233. The van der Waals surface area contributed by atoms with Gasteiger partial charge in [-0.3, -0.25) is 9.79 Å². The summed E-state index contributed by atoms with van der Waals surface area (Å²) in [7, 11) is 5.01. The number of carbonyl (C=O) groups is 1. The molecule has 0 aliphatic rings. The molecule has 0 radical (unpaired) electrons. The second-order valence-corrected chi connectivity index (χ2v) is 7.64. The smallest absolute Gasteiger partial charge is 0.224 e. The molecule has 176 valence electrons. The number of methoxy groups -OCH3 is 2. The van der Waals surface area contributed by atoms with Crippen molar-refractivity contribution in [1.82, 2.24) is 10.6 Å². The lowest BCUT2D eigenvalue weighted by atomic mass is 10.1. The molecule has 7 nitrogen and oxygen atoms in total. The lowest BCUT2D eigenvalue weighted by Crippen LogP contribution is -2.37. The summed E-state index contributed by atoms with van der Waals surface area (Å²) in [6.45, 7) is 5.39. The van der Waals surface area contributed by atoms with Crippen LogP contribution in [0.2, 0.25) is 0 Å². The SMILES string of the molecule is CN=C(NCCc1ccc(OC)c(OC)c1)NCc1cccc(NC(=O)CC(C)C)c1.I. The third-order valence-electron chi connectivity index (χ3n) is 4.64. The molecule has 0 bridgehead atoms. The van der Waals surface area contributed by atoms with Crippen molar-refractivity contribution in [3.05, 3.63) is 53.6 Å². The number of hydrogen-bond acceptors (Lipinski definition) is 4. The van der Waals surface area contributed by atoms with E-state index in [4.69, 9.17) is 9.47 Å². The Morgan fingerprint density at radius 3 is 2.41 bits per heavy atom. The third kappa shape index (κ3) is 9.33. The number of anilines is 1. The van der Waals surface area contributed by atoms with Crippen LogP contribution in [0.3, 0.4) is 0 Å². The molecule has 0 saturated heterocycles. The van der Waals surface area contributed by atoms with Crippen LogP contribution in [0, 0.1) is 5.92 Å². The average Bonchev–Trinajstić information content (AvgIpc) is 2.75. The van der Waals surface area contributed by atoms with Gasteiger partial charge in [-0.1, -0.05) is 32.0 Å². The number of ether oxygens (including phenoxy) is 2. The minimum Gasteiger partial charge on any atom is -0.493 e. The van der Waals surface area contributed by atoms with E-state index < -0.39 is 0 Å². The van der Waals surface area contributed by atoms with Gasteiger partial charge in [-0.2, -0.15) is 0 Å². The zero-order valence-electron chi connectivity index (χ0n) is 19.5. The van der Waals surface area contributed by atoms with E-state index in [-0.39, 0.29) is 29.9 Å².